The number of amides is 1. The maximum absolute atomic E-state index is 13.4. The number of piperazine rings is 1. The van der Waals surface area contributed by atoms with Crippen LogP contribution >= 0.6 is 0 Å². The first-order chi connectivity index (χ1) is 17.2. The van der Waals surface area contributed by atoms with Crippen molar-refractivity contribution in [3.63, 3.8) is 0 Å². The fraction of sp³-hybridized carbons (Fsp3) is 0.577. The lowest BCUT2D eigenvalue weighted by Crippen LogP contribution is -2.54. The van der Waals surface area contributed by atoms with Crippen LogP contribution in [0.1, 0.15) is 37.8 Å². The molecule has 7 nitrogen and oxygen atoms in total. The molecule has 1 aromatic carbocycles. The molecule has 2 aliphatic rings. The molecule has 1 N–H and O–H groups in total. The minimum Gasteiger partial charge on any atom is -0.353 e. The Kier molecular flexibility index (Phi) is 8.14. The number of benzene rings is 1. The summed E-state index contributed by atoms with van der Waals surface area (Å²) in [7, 11) is 0. The third-order valence-electron chi connectivity index (χ3n) is 7.33. The number of piperidine rings is 1. The standard InChI is InChI=1S/C26H35F3N6O/c1-20(2)32-19-25(21-4-3-5-22(16-21)26(27,28)29)6-10-35(11-7-25)24(36)18-33-12-14-34(15-13-33)23-17-30-8-9-31-23/h3-5,8-9,16-17,20,32H,6-7,10-15,18-19H2,1-2H3. The summed E-state index contributed by atoms with van der Waals surface area (Å²) in [4.78, 5) is 27.8. The van der Waals surface area contributed by atoms with Gasteiger partial charge >= 0.3 is 6.18 Å². The van der Waals surface area contributed by atoms with E-state index in [9.17, 15) is 18.0 Å². The van der Waals surface area contributed by atoms with Gasteiger partial charge in [0.15, 0.2) is 0 Å². The van der Waals surface area contributed by atoms with E-state index in [0.717, 1.165) is 38.1 Å². The van der Waals surface area contributed by atoms with Crippen molar-refractivity contribution in [2.24, 2.45) is 0 Å². The van der Waals surface area contributed by atoms with Gasteiger partial charge in [0.1, 0.15) is 5.82 Å². The van der Waals surface area contributed by atoms with E-state index >= 15 is 0 Å². The van der Waals surface area contributed by atoms with Crippen LogP contribution < -0.4 is 10.2 Å². The SMILES string of the molecule is CC(C)NCC1(c2cccc(C(F)(F)F)c2)CCN(C(=O)CN2CCN(c3cnccn3)CC2)CC1. The second-order valence-corrected chi connectivity index (χ2v) is 10.1. The largest absolute Gasteiger partial charge is 0.416 e. The van der Waals surface area contributed by atoms with Crippen LogP contribution in [-0.4, -0.2) is 84.1 Å². The Hall–Kier alpha value is -2.72. The number of alkyl halides is 3. The Morgan fingerprint density at radius 2 is 1.81 bits per heavy atom. The second kappa shape index (κ2) is 11.1. The normalized spacial score (nSPS) is 19.1. The molecule has 1 aromatic heterocycles. The zero-order chi connectivity index (χ0) is 25.8. The smallest absolute Gasteiger partial charge is 0.353 e. The highest BCUT2D eigenvalue weighted by Gasteiger charge is 2.39. The number of likely N-dealkylation sites (tertiary alicyclic amines) is 1. The molecule has 10 heteroatoms. The summed E-state index contributed by atoms with van der Waals surface area (Å²) < 4.78 is 40.2. The van der Waals surface area contributed by atoms with Crippen molar-refractivity contribution in [2.75, 3.05) is 57.3 Å². The van der Waals surface area contributed by atoms with Crippen molar-refractivity contribution in [1.82, 2.24) is 25.1 Å². The Bertz CT molecular complexity index is 1000. The topological polar surface area (TPSA) is 64.6 Å². The maximum atomic E-state index is 13.4. The van der Waals surface area contributed by atoms with E-state index < -0.39 is 17.2 Å². The molecular formula is C26H35F3N6O. The fourth-order valence-electron chi connectivity index (χ4n) is 5.06. The first-order valence-electron chi connectivity index (χ1n) is 12.6. The third kappa shape index (κ3) is 6.34. The van der Waals surface area contributed by atoms with Crippen molar-refractivity contribution in [2.45, 2.75) is 44.3 Å². The van der Waals surface area contributed by atoms with E-state index in [0.29, 0.717) is 44.6 Å². The quantitative estimate of drug-likeness (QED) is 0.625. The van der Waals surface area contributed by atoms with Gasteiger partial charge in [0.2, 0.25) is 5.91 Å². The molecule has 0 radical (unpaired) electrons. The van der Waals surface area contributed by atoms with Gasteiger partial charge in [-0.05, 0) is 24.5 Å². The van der Waals surface area contributed by atoms with Gasteiger partial charge in [-0.1, -0.05) is 32.0 Å². The summed E-state index contributed by atoms with van der Waals surface area (Å²) in [6.07, 6.45) is 1.95. The van der Waals surface area contributed by atoms with E-state index in [2.05, 4.69) is 25.1 Å². The molecule has 2 aliphatic heterocycles. The lowest BCUT2D eigenvalue weighted by atomic mass is 9.72. The molecule has 36 heavy (non-hydrogen) atoms. The highest BCUT2D eigenvalue weighted by molar-refractivity contribution is 5.78. The van der Waals surface area contributed by atoms with E-state index in [1.807, 2.05) is 18.7 Å². The van der Waals surface area contributed by atoms with E-state index in [1.54, 1.807) is 24.7 Å². The van der Waals surface area contributed by atoms with E-state index in [4.69, 9.17) is 0 Å². The molecular weight excluding hydrogens is 469 g/mol. The average Bonchev–Trinajstić information content (AvgIpc) is 2.88. The highest BCUT2D eigenvalue weighted by Crippen LogP contribution is 2.38. The first-order valence-corrected chi connectivity index (χ1v) is 12.6. The van der Waals surface area contributed by atoms with Crippen LogP contribution in [0.15, 0.2) is 42.9 Å². The van der Waals surface area contributed by atoms with Crippen LogP contribution in [-0.2, 0) is 16.4 Å². The molecule has 2 saturated heterocycles. The number of hydrogen-bond donors (Lipinski definition) is 1. The zero-order valence-electron chi connectivity index (χ0n) is 21.0. The highest BCUT2D eigenvalue weighted by atomic mass is 19.4. The number of anilines is 1. The van der Waals surface area contributed by atoms with Crippen LogP contribution in [0.3, 0.4) is 0 Å². The minimum absolute atomic E-state index is 0.0809. The Balaban J connectivity index is 1.36. The number of halogens is 3. The van der Waals surface area contributed by atoms with Crippen molar-refractivity contribution in [3.8, 4) is 0 Å². The van der Waals surface area contributed by atoms with Gasteiger partial charge in [0, 0.05) is 69.7 Å². The number of nitrogens with zero attached hydrogens (tertiary/aromatic N) is 5. The monoisotopic (exact) mass is 504 g/mol. The Morgan fingerprint density at radius 3 is 2.42 bits per heavy atom. The number of hydrogen-bond acceptors (Lipinski definition) is 6. The zero-order valence-corrected chi connectivity index (χ0v) is 21.0. The molecule has 2 aromatic rings. The summed E-state index contributed by atoms with van der Waals surface area (Å²) in [6, 6.07) is 5.91. The summed E-state index contributed by atoms with van der Waals surface area (Å²) in [5.74, 6) is 0.929. The minimum atomic E-state index is -4.38. The van der Waals surface area contributed by atoms with Crippen molar-refractivity contribution in [1.29, 1.82) is 0 Å². The molecule has 2 fully saturated rings. The van der Waals surface area contributed by atoms with Gasteiger partial charge in [-0.15, -0.1) is 0 Å². The van der Waals surface area contributed by atoms with Gasteiger partial charge < -0.3 is 15.1 Å². The van der Waals surface area contributed by atoms with Crippen LogP contribution in [0.2, 0.25) is 0 Å². The van der Waals surface area contributed by atoms with Crippen LogP contribution in [0.25, 0.3) is 0 Å². The van der Waals surface area contributed by atoms with Crippen molar-refractivity contribution in [3.05, 3.63) is 54.0 Å². The van der Waals surface area contributed by atoms with Crippen LogP contribution in [0.5, 0.6) is 0 Å². The predicted octanol–water partition coefficient (Wildman–Crippen LogP) is 3.18. The molecule has 0 aliphatic carbocycles. The van der Waals surface area contributed by atoms with Gasteiger partial charge in [-0.3, -0.25) is 14.7 Å². The molecule has 0 unspecified atom stereocenters. The third-order valence-corrected chi connectivity index (χ3v) is 7.33. The summed E-state index contributed by atoms with van der Waals surface area (Å²) in [6.45, 7) is 9.17. The van der Waals surface area contributed by atoms with Crippen LogP contribution in [0, 0.1) is 0 Å². The number of carbonyl (C=O) groups excluding carboxylic acids is 1. The second-order valence-electron chi connectivity index (χ2n) is 10.1. The number of carbonyl (C=O) groups is 1. The summed E-state index contributed by atoms with van der Waals surface area (Å²) in [5, 5.41) is 3.43. The van der Waals surface area contributed by atoms with E-state index in [-0.39, 0.29) is 11.9 Å². The Morgan fingerprint density at radius 1 is 1.08 bits per heavy atom. The molecule has 0 saturated carbocycles. The van der Waals surface area contributed by atoms with Gasteiger partial charge in [0.25, 0.3) is 0 Å². The number of rotatable bonds is 7. The maximum Gasteiger partial charge on any atom is 0.416 e. The molecule has 196 valence electrons. The van der Waals surface area contributed by atoms with Gasteiger partial charge in [-0.25, -0.2) is 4.98 Å². The summed E-state index contributed by atoms with van der Waals surface area (Å²) in [5.41, 5.74) is -0.370. The fourth-order valence-corrected chi connectivity index (χ4v) is 5.06. The molecule has 0 spiro atoms. The van der Waals surface area contributed by atoms with Crippen molar-refractivity contribution < 1.29 is 18.0 Å². The van der Waals surface area contributed by atoms with Crippen LogP contribution in [0.4, 0.5) is 19.0 Å². The van der Waals surface area contributed by atoms with E-state index in [1.165, 1.54) is 12.1 Å². The Labute approximate surface area is 210 Å². The molecule has 0 atom stereocenters. The van der Waals surface area contributed by atoms with Crippen molar-refractivity contribution >= 4 is 11.7 Å². The summed E-state index contributed by atoms with van der Waals surface area (Å²) >= 11 is 0. The van der Waals surface area contributed by atoms with Gasteiger partial charge in [-0.2, -0.15) is 13.2 Å². The molecule has 4 rings (SSSR count). The average molecular weight is 505 g/mol. The molecule has 0 bridgehead atoms. The molecule has 3 heterocycles. The lowest BCUT2D eigenvalue weighted by molar-refractivity contribution is -0.137. The predicted molar refractivity (Wildman–Crippen MR) is 133 cm³/mol. The molecule has 1 amide bonds. The first kappa shape index (κ1) is 26.3. The number of aromatic nitrogens is 2. The number of nitrogens with one attached hydrogen (secondary N) is 1. The van der Waals surface area contributed by atoms with Gasteiger partial charge in [0.05, 0.1) is 18.3 Å². The lowest BCUT2D eigenvalue weighted by Gasteiger charge is -2.44.